The van der Waals surface area contributed by atoms with Crippen LogP contribution < -0.4 is 4.74 Å². The van der Waals surface area contributed by atoms with E-state index in [1.165, 1.54) is 0 Å². The minimum atomic E-state index is -0.735. The van der Waals surface area contributed by atoms with Gasteiger partial charge in [0.25, 0.3) is 0 Å². The number of rotatable bonds is 5. The Morgan fingerprint density at radius 2 is 1.94 bits per heavy atom. The van der Waals surface area contributed by atoms with Crippen molar-refractivity contribution in [3.05, 3.63) is 71.1 Å². The molecular formula is C25H22ClNO4. The number of halogens is 1. The lowest BCUT2D eigenvalue weighted by Gasteiger charge is -2.69. The summed E-state index contributed by atoms with van der Waals surface area (Å²) >= 11 is 6.01. The molecule has 2 bridgehead atoms. The summed E-state index contributed by atoms with van der Waals surface area (Å²) in [6.07, 6.45) is 4.08. The van der Waals surface area contributed by atoms with Gasteiger partial charge in [0.05, 0.1) is 12.3 Å². The number of aliphatic hydroxyl groups is 1. The molecule has 0 spiro atoms. The summed E-state index contributed by atoms with van der Waals surface area (Å²) in [5.74, 6) is 2.19. The molecule has 2 atom stereocenters. The lowest BCUT2D eigenvalue weighted by atomic mass is 9.33. The first-order valence-corrected chi connectivity index (χ1v) is 11.0. The Bertz CT molecular complexity index is 1150. The van der Waals surface area contributed by atoms with Crippen molar-refractivity contribution < 1.29 is 19.1 Å². The number of fused-ring (bicyclic) bond motifs is 1. The summed E-state index contributed by atoms with van der Waals surface area (Å²) in [6, 6.07) is 15.0. The van der Waals surface area contributed by atoms with Crippen LogP contribution in [0.2, 0.25) is 5.02 Å². The van der Waals surface area contributed by atoms with Crippen LogP contribution in [0, 0.1) is 5.41 Å². The largest absolute Gasteiger partial charge is 0.482 e. The average Bonchev–Trinajstić information content (AvgIpc) is 3.20. The second-order valence-electron chi connectivity index (χ2n) is 9.39. The Morgan fingerprint density at radius 3 is 2.71 bits per heavy atom. The molecule has 1 aromatic heterocycles. The zero-order valence-electron chi connectivity index (χ0n) is 16.9. The molecule has 6 heteroatoms. The van der Waals surface area contributed by atoms with E-state index >= 15 is 0 Å². The van der Waals surface area contributed by atoms with Gasteiger partial charge in [0.2, 0.25) is 5.89 Å². The smallest absolute Gasteiger partial charge is 0.226 e. The third-order valence-corrected chi connectivity index (χ3v) is 7.37. The van der Waals surface area contributed by atoms with E-state index in [9.17, 15) is 9.90 Å². The van der Waals surface area contributed by atoms with Gasteiger partial charge >= 0.3 is 0 Å². The van der Waals surface area contributed by atoms with Crippen molar-refractivity contribution in [2.45, 2.75) is 49.7 Å². The number of Topliss-reactive ketones (excluding diaryl/α,β-unsaturated/α-hetero) is 1. The van der Waals surface area contributed by atoms with Crippen LogP contribution in [-0.2, 0) is 10.2 Å². The SMILES string of the molecule is O=C(CC12CC(c3cnc(-c4ccccc4)o3)(C1)C2)[C@H]1C[C@@H](O)c2cc(Cl)ccc2O1. The number of carbonyl (C=O) groups excluding carboxylic acids is 1. The first-order chi connectivity index (χ1) is 15.0. The molecule has 7 rings (SSSR count). The first kappa shape index (κ1) is 19.1. The summed E-state index contributed by atoms with van der Waals surface area (Å²) in [6.45, 7) is 0. The Labute approximate surface area is 185 Å². The van der Waals surface area contributed by atoms with Gasteiger partial charge in [-0.3, -0.25) is 4.79 Å². The second-order valence-corrected chi connectivity index (χ2v) is 9.83. The van der Waals surface area contributed by atoms with E-state index in [4.69, 9.17) is 20.8 Å². The molecule has 0 saturated heterocycles. The topological polar surface area (TPSA) is 72.6 Å². The molecule has 1 aliphatic heterocycles. The molecule has 158 valence electrons. The van der Waals surface area contributed by atoms with Crippen molar-refractivity contribution in [3.63, 3.8) is 0 Å². The number of benzene rings is 2. The zero-order valence-corrected chi connectivity index (χ0v) is 17.6. The molecule has 3 aliphatic carbocycles. The third kappa shape index (κ3) is 3.02. The standard InChI is InChI=1S/C25H22ClNO4/c26-16-6-7-20-17(8-16)18(28)9-21(30-20)19(29)10-24-12-25(13-24,14-24)22-11-27-23(31-22)15-4-2-1-3-5-15/h1-8,11,18,21,28H,9-10,12-14H2/t18-,21-,24?,25?/m1/s1. The van der Waals surface area contributed by atoms with Gasteiger partial charge in [0, 0.05) is 34.4 Å². The van der Waals surface area contributed by atoms with Gasteiger partial charge in [0.1, 0.15) is 11.5 Å². The van der Waals surface area contributed by atoms with Gasteiger partial charge in [-0.1, -0.05) is 29.8 Å². The molecule has 1 N–H and O–H groups in total. The van der Waals surface area contributed by atoms with E-state index in [0.717, 1.165) is 30.6 Å². The van der Waals surface area contributed by atoms with Crippen LogP contribution in [0.5, 0.6) is 5.75 Å². The van der Waals surface area contributed by atoms with Crippen LogP contribution in [0.15, 0.2) is 59.1 Å². The minimum absolute atomic E-state index is 0.0244. The number of aliphatic hydroxyl groups excluding tert-OH is 1. The molecule has 2 heterocycles. The summed E-state index contributed by atoms with van der Waals surface area (Å²) in [5.41, 5.74) is 1.68. The van der Waals surface area contributed by atoms with Crippen LogP contribution in [0.25, 0.3) is 11.5 Å². The fraction of sp³-hybridized carbons (Fsp3) is 0.360. The van der Waals surface area contributed by atoms with Gasteiger partial charge < -0.3 is 14.3 Å². The van der Waals surface area contributed by atoms with Crippen LogP contribution in [-0.4, -0.2) is 22.0 Å². The Hall–Kier alpha value is -2.63. The molecule has 0 radical (unpaired) electrons. The van der Waals surface area contributed by atoms with E-state index in [1.54, 1.807) is 18.2 Å². The van der Waals surface area contributed by atoms with Crippen molar-refractivity contribution >= 4 is 17.4 Å². The molecule has 0 unspecified atom stereocenters. The summed E-state index contributed by atoms with van der Waals surface area (Å²) in [5, 5.41) is 11.0. The monoisotopic (exact) mass is 435 g/mol. The van der Waals surface area contributed by atoms with Crippen LogP contribution in [0.4, 0.5) is 0 Å². The molecule has 2 aromatic carbocycles. The lowest BCUT2D eigenvalue weighted by molar-refractivity contribution is -0.169. The maximum Gasteiger partial charge on any atom is 0.226 e. The number of nitrogens with zero attached hydrogens (tertiary/aromatic N) is 1. The number of oxazole rings is 1. The Morgan fingerprint density at radius 1 is 1.16 bits per heavy atom. The summed E-state index contributed by atoms with van der Waals surface area (Å²) < 4.78 is 12.0. The van der Waals surface area contributed by atoms with Crippen molar-refractivity contribution in [2.24, 2.45) is 5.41 Å². The lowest BCUT2D eigenvalue weighted by Crippen LogP contribution is -2.65. The average molecular weight is 436 g/mol. The van der Waals surface area contributed by atoms with Crippen molar-refractivity contribution in [2.75, 3.05) is 0 Å². The summed E-state index contributed by atoms with van der Waals surface area (Å²) in [4.78, 5) is 17.4. The minimum Gasteiger partial charge on any atom is -0.482 e. The molecule has 3 saturated carbocycles. The maximum absolute atomic E-state index is 13.0. The highest BCUT2D eigenvalue weighted by Gasteiger charge is 2.70. The number of hydrogen-bond donors (Lipinski definition) is 1. The highest BCUT2D eigenvalue weighted by atomic mass is 35.5. The Balaban J connectivity index is 1.11. The molecule has 5 nitrogen and oxygen atoms in total. The zero-order chi connectivity index (χ0) is 21.2. The number of hydrogen-bond acceptors (Lipinski definition) is 5. The molecule has 31 heavy (non-hydrogen) atoms. The van der Waals surface area contributed by atoms with E-state index in [0.29, 0.717) is 28.6 Å². The highest BCUT2D eigenvalue weighted by Crippen LogP contribution is 2.75. The predicted molar refractivity (Wildman–Crippen MR) is 115 cm³/mol. The van der Waals surface area contributed by atoms with Crippen LogP contribution in [0.1, 0.15) is 49.5 Å². The Kier molecular flexibility index (Phi) is 4.11. The van der Waals surface area contributed by atoms with Crippen molar-refractivity contribution in [1.82, 2.24) is 4.98 Å². The maximum atomic E-state index is 13.0. The highest BCUT2D eigenvalue weighted by molar-refractivity contribution is 6.30. The molecule has 3 aromatic rings. The van der Waals surface area contributed by atoms with E-state index in [1.807, 2.05) is 36.5 Å². The van der Waals surface area contributed by atoms with Gasteiger partial charge in [0.15, 0.2) is 11.9 Å². The number of aromatic nitrogens is 1. The first-order valence-electron chi connectivity index (χ1n) is 10.6. The fourth-order valence-electron chi connectivity index (χ4n) is 5.78. The quantitative estimate of drug-likeness (QED) is 0.591. The van der Waals surface area contributed by atoms with Crippen LogP contribution in [0.3, 0.4) is 0 Å². The normalized spacial score (nSPS) is 30.5. The van der Waals surface area contributed by atoms with E-state index in [2.05, 4.69) is 4.98 Å². The third-order valence-electron chi connectivity index (χ3n) is 7.14. The van der Waals surface area contributed by atoms with Gasteiger partial charge in [-0.2, -0.15) is 0 Å². The van der Waals surface area contributed by atoms with Crippen LogP contribution >= 0.6 is 11.6 Å². The van der Waals surface area contributed by atoms with E-state index < -0.39 is 12.2 Å². The number of carbonyl (C=O) groups is 1. The molecular weight excluding hydrogens is 414 g/mol. The summed E-state index contributed by atoms with van der Waals surface area (Å²) in [7, 11) is 0. The van der Waals surface area contributed by atoms with Crippen molar-refractivity contribution in [3.8, 4) is 17.2 Å². The van der Waals surface area contributed by atoms with Gasteiger partial charge in [-0.15, -0.1) is 0 Å². The molecule has 3 fully saturated rings. The molecule has 4 aliphatic rings. The fourth-order valence-corrected chi connectivity index (χ4v) is 5.96. The second kappa shape index (κ2) is 6.68. The molecule has 0 amide bonds. The number of ether oxygens (including phenoxy) is 1. The predicted octanol–water partition coefficient (Wildman–Crippen LogP) is 5.26. The van der Waals surface area contributed by atoms with Gasteiger partial charge in [-0.25, -0.2) is 4.98 Å². The number of ketones is 1. The van der Waals surface area contributed by atoms with E-state index in [-0.39, 0.29) is 23.0 Å². The van der Waals surface area contributed by atoms with Gasteiger partial charge in [-0.05, 0) is 55.0 Å². The van der Waals surface area contributed by atoms with Crippen molar-refractivity contribution in [1.29, 1.82) is 0 Å².